The Bertz CT molecular complexity index is 1060. The lowest BCUT2D eigenvalue weighted by Crippen LogP contribution is -2.24. The molecule has 146 valence electrons. The third kappa shape index (κ3) is 4.16. The van der Waals surface area contributed by atoms with Gasteiger partial charge in [-0.3, -0.25) is 10.1 Å². The average molecular weight is 388 g/mol. The third-order valence-corrected chi connectivity index (χ3v) is 4.50. The molecule has 0 radical (unpaired) electrons. The first-order valence-electron chi connectivity index (χ1n) is 9.15. The number of nitrogens with zero attached hydrogens (tertiary/aromatic N) is 3. The summed E-state index contributed by atoms with van der Waals surface area (Å²) in [6.07, 6.45) is 1.49. The SMILES string of the molecule is O=C([O-])CCC(=O)Nc1nc2n(n1)[C@H](c1ccccc1)C=C(c1ccccc1)N2. The summed E-state index contributed by atoms with van der Waals surface area (Å²) in [5, 5.41) is 20.7. The Labute approximate surface area is 166 Å². The summed E-state index contributed by atoms with van der Waals surface area (Å²) in [6.45, 7) is 0. The van der Waals surface area contributed by atoms with Gasteiger partial charge in [0.25, 0.3) is 5.95 Å². The van der Waals surface area contributed by atoms with Crippen molar-refractivity contribution in [3.8, 4) is 0 Å². The molecule has 0 spiro atoms. The predicted molar refractivity (Wildman–Crippen MR) is 106 cm³/mol. The van der Waals surface area contributed by atoms with Crippen LogP contribution in [0.2, 0.25) is 0 Å². The first-order valence-corrected chi connectivity index (χ1v) is 9.15. The zero-order chi connectivity index (χ0) is 20.2. The number of benzene rings is 2. The van der Waals surface area contributed by atoms with Crippen molar-refractivity contribution in [1.82, 2.24) is 14.8 Å². The summed E-state index contributed by atoms with van der Waals surface area (Å²) in [4.78, 5) is 26.9. The summed E-state index contributed by atoms with van der Waals surface area (Å²) in [6, 6.07) is 19.5. The molecule has 8 heteroatoms. The lowest BCUT2D eigenvalue weighted by Gasteiger charge is -2.24. The summed E-state index contributed by atoms with van der Waals surface area (Å²) in [7, 11) is 0. The largest absolute Gasteiger partial charge is 0.550 e. The van der Waals surface area contributed by atoms with Gasteiger partial charge in [0.2, 0.25) is 11.9 Å². The monoisotopic (exact) mass is 388 g/mol. The van der Waals surface area contributed by atoms with Gasteiger partial charge in [-0.15, -0.1) is 5.10 Å². The number of hydrogen-bond acceptors (Lipinski definition) is 6. The summed E-state index contributed by atoms with van der Waals surface area (Å²) < 4.78 is 1.69. The Morgan fingerprint density at radius 1 is 1.03 bits per heavy atom. The number of carboxylic acids is 1. The lowest BCUT2D eigenvalue weighted by atomic mass is 10.0. The highest BCUT2D eigenvalue weighted by atomic mass is 16.4. The Balaban J connectivity index is 1.65. The smallest absolute Gasteiger partial charge is 0.250 e. The fraction of sp³-hybridized carbons (Fsp3) is 0.143. The second kappa shape index (κ2) is 7.97. The van der Waals surface area contributed by atoms with E-state index < -0.39 is 11.9 Å². The van der Waals surface area contributed by atoms with E-state index in [1.54, 1.807) is 4.68 Å². The second-order valence-electron chi connectivity index (χ2n) is 6.55. The van der Waals surface area contributed by atoms with Crippen LogP contribution >= 0.6 is 0 Å². The molecule has 4 rings (SSSR count). The average Bonchev–Trinajstić information content (AvgIpc) is 3.15. The third-order valence-electron chi connectivity index (χ3n) is 4.50. The van der Waals surface area contributed by atoms with E-state index in [1.807, 2.05) is 66.7 Å². The van der Waals surface area contributed by atoms with Crippen LogP contribution in [0.1, 0.15) is 30.0 Å². The Kier molecular flexibility index (Phi) is 5.07. The molecule has 1 aliphatic rings. The van der Waals surface area contributed by atoms with Gasteiger partial charge in [0.1, 0.15) is 6.04 Å². The molecular weight excluding hydrogens is 370 g/mol. The van der Waals surface area contributed by atoms with E-state index in [9.17, 15) is 14.7 Å². The van der Waals surface area contributed by atoms with Crippen LogP contribution < -0.4 is 15.7 Å². The molecular formula is C21H18N5O3-. The zero-order valence-corrected chi connectivity index (χ0v) is 15.4. The second-order valence-corrected chi connectivity index (χ2v) is 6.55. The highest BCUT2D eigenvalue weighted by Crippen LogP contribution is 2.33. The highest BCUT2D eigenvalue weighted by Gasteiger charge is 2.25. The van der Waals surface area contributed by atoms with Gasteiger partial charge < -0.3 is 15.2 Å². The van der Waals surface area contributed by atoms with E-state index in [4.69, 9.17) is 0 Å². The normalized spacial score (nSPS) is 15.0. The van der Waals surface area contributed by atoms with Gasteiger partial charge in [-0.25, -0.2) is 4.68 Å². The number of nitrogens with one attached hydrogen (secondary N) is 2. The summed E-state index contributed by atoms with van der Waals surface area (Å²) in [5.41, 5.74) is 2.90. The number of carbonyl (C=O) groups is 2. The van der Waals surface area contributed by atoms with Gasteiger partial charge in [0.05, 0.1) is 0 Å². The van der Waals surface area contributed by atoms with Gasteiger partial charge in [0.15, 0.2) is 0 Å². The number of aliphatic carboxylic acids is 1. The fourth-order valence-electron chi connectivity index (χ4n) is 3.12. The van der Waals surface area contributed by atoms with Crippen molar-refractivity contribution >= 4 is 29.5 Å². The Hall–Kier alpha value is -3.94. The van der Waals surface area contributed by atoms with Gasteiger partial charge >= 0.3 is 0 Å². The van der Waals surface area contributed by atoms with Crippen LogP contribution in [0.4, 0.5) is 11.9 Å². The molecule has 8 nitrogen and oxygen atoms in total. The molecule has 0 saturated carbocycles. The minimum absolute atomic E-state index is 0.111. The number of amides is 1. The molecule has 0 unspecified atom stereocenters. The van der Waals surface area contributed by atoms with Crippen molar-refractivity contribution in [3.05, 3.63) is 77.9 Å². The number of anilines is 2. The van der Waals surface area contributed by atoms with Crippen LogP contribution in [0.5, 0.6) is 0 Å². The maximum Gasteiger partial charge on any atom is 0.250 e. The van der Waals surface area contributed by atoms with Crippen molar-refractivity contribution in [3.63, 3.8) is 0 Å². The van der Waals surface area contributed by atoms with E-state index in [2.05, 4.69) is 20.7 Å². The van der Waals surface area contributed by atoms with Crippen molar-refractivity contribution < 1.29 is 14.7 Å². The van der Waals surface area contributed by atoms with Gasteiger partial charge in [-0.05, 0) is 23.6 Å². The van der Waals surface area contributed by atoms with Crippen molar-refractivity contribution in [2.24, 2.45) is 0 Å². The number of aromatic nitrogens is 3. The van der Waals surface area contributed by atoms with Crippen molar-refractivity contribution in [2.45, 2.75) is 18.9 Å². The van der Waals surface area contributed by atoms with E-state index >= 15 is 0 Å². The molecule has 1 amide bonds. The predicted octanol–water partition coefficient (Wildman–Crippen LogP) is 1.80. The molecule has 1 aromatic heterocycles. The number of fused-ring (bicyclic) bond motifs is 1. The first kappa shape index (κ1) is 18.4. The maximum atomic E-state index is 11.9. The maximum absolute atomic E-state index is 11.9. The molecule has 2 heterocycles. The topological polar surface area (TPSA) is 112 Å². The number of carboxylic acid groups (broad SMARTS) is 1. The van der Waals surface area contributed by atoms with E-state index in [0.29, 0.717) is 5.95 Å². The standard InChI is InChI=1S/C21H19N5O3/c27-18(11-12-19(28)29)23-20-24-21-22-16(14-7-3-1-4-8-14)13-17(26(21)25-20)15-9-5-2-6-10-15/h1-10,13,17H,11-12H2,(H,28,29)(H2,22,23,24,25,27)/p-1/t17-/m0/s1. The van der Waals surface area contributed by atoms with Crippen molar-refractivity contribution in [1.29, 1.82) is 0 Å². The first-order chi connectivity index (χ1) is 14.1. The molecule has 0 aliphatic carbocycles. The van der Waals surface area contributed by atoms with Crippen LogP contribution in [-0.4, -0.2) is 26.6 Å². The minimum atomic E-state index is -1.28. The van der Waals surface area contributed by atoms with Gasteiger partial charge in [-0.1, -0.05) is 60.7 Å². The molecule has 1 aliphatic heterocycles. The fourth-order valence-corrected chi connectivity index (χ4v) is 3.12. The van der Waals surface area contributed by atoms with Crippen LogP contribution in [0.15, 0.2) is 66.7 Å². The molecule has 0 saturated heterocycles. The molecule has 0 fully saturated rings. The van der Waals surface area contributed by atoms with Gasteiger partial charge in [-0.2, -0.15) is 4.98 Å². The molecule has 29 heavy (non-hydrogen) atoms. The molecule has 0 bridgehead atoms. The summed E-state index contributed by atoms with van der Waals surface area (Å²) in [5.74, 6) is -1.17. The minimum Gasteiger partial charge on any atom is -0.550 e. The van der Waals surface area contributed by atoms with Gasteiger partial charge in [0, 0.05) is 18.1 Å². The number of allylic oxidation sites excluding steroid dienone is 1. The molecule has 3 aromatic rings. The summed E-state index contributed by atoms with van der Waals surface area (Å²) >= 11 is 0. The molecule has 2 aromatic carbocycles. The lowest BCUT2D eigenvalue weighted by molar-refractivity contribution is -0.305. The molecule has 1 atom stereocenters. The Morgan fingerprint density at radius 3 is 2.41 bits per heavy atom. The highest BCUT2D eigenvalue weighted by molar-refractivity contribution is 5.91. The zero-order valence-electron chi connectivity index (χ0n) is 15.4. The number of hydrogen-bond donors (Lipinski definition) is 2. The number of rotatable bonds is 6. The van der Waals surface area contributed by atoms with E-state index in [0.717, 1.165) is 16.8 Å². The van der Waals surface area contributed by atoms with Crippen LogP contribution in [0.3, 0.4) is 0 Å². The van der Waals surface area contributed by atoms with Crippen LogP contribution in [-0.2, 0) is 9.59 Å². The van der Waals surface area contributed by atoms with Crippen molar-refractivity contribution in [2.75, 3.05) is 10.6 Å². The molecule has 2 N–H and O–H groups in total. The van der Waals surface area contributed by atoms with Crippen LogP contribution in [0.25, 0.3) is 5.70 Å². The van der Waals surface area contributed by atoms with E-state index in [1.165, 1.54) is 0 Å². The van der Waals surface area contributed by atoms with E-state index in [-0.39, 0.29) is 24.8 Å². The number of carbonyl (C=O) groups excluding carboxylic acids is 2. The quantitative estimate of drug-likeness (QED) is 0.666. The van der Waals surface area contributed by atoms with Crippen LogP contribution in [0, 0.1) is 0 Å². The Morgan fingerprint density at radius 2 is 1.72 bits per heavy atom.